The normalized spacial score (nSPS) is 21.9. The number of nitrogens with zero attached hydrogens (tertiary/aromatic N) is 2. The van der Waals surface area contributed by atoms with Gasteiger partial charge in [0.15, 0.2) is 0 Å². The highest BCUT2D eigenvalue weighted by atomic mass is 16.1. The summed E-state index contributed by atoms with van der Waals surface area (Å²) in [5.74, 6) is 1.03. The van der Waals surface area contributed by atoms with Gasteiger partial charge in [0.25, 0.3) is 5.56 Å². The van der Waals surface area contributed by atoms with Crippen LogP contribution in [-0.4, -0.2) is 34.0 Å². The van der Waals surface area contributed by atoms with Crippen molar-refractivity contribution in [2.75, 3.05) is 13.1 Å². The van der Waals surface area contributed by atoms with Crippen molar-refractivity contribution in [2.24, 2.45) is 0 Å². The van der Waals surface area contributed by atoms with Crippen LogP contribution in [0.4, 0.5) is 0 Å². The second kappa shape index (κ2) is 4.37. The minimum absolute atomic E-state index is 0.0307. The van der Waals surface area contributed by atoms with Gasteiger partial charge >= 0.3 is 0 Å². The van der Waals surface area contributed by atoms with Crippen LogP contribution in [0.1, 0.15) is 37.6 Å². The molecule has 1 N–H and O–H groups in total. The third-order valence-corrected chi connectivity index (χ3v) is 3.34. The summed E-state index contributed by atoms with van der Waals surface area (Å²) < 4.78 is 0. The van der Waals surface area contributed by atoms with Gasteiger partial charge in [0.2, 0.25) is 0 Å². The minimum Gasteiger partial charge on any atom is -0.311 e. The van der Waals surface area contributed by atoms with Gasteiger partial charge in [-0.1, -0.05) is 0 Å². The maximum absolute atomic E-state index is 11.8. The quantitative estimate of drug-likeness (QED) is 0.818. The standard InChI is InChI=1S/C12H19N3O/c1-8(2)15-5-4-10(7-15)11-6-13-9(3)14-12(11)16/h6,8,10H,4-5,7H2,1-3H3,(H,13,14,16). The predicted octanol–water partition coefficient (Wildman–Crippen LogP) is 1.28. The lowest BCUT2D eigenvalue weighted by Gasteiger charge is -2.20. The number of aromatic amines is 1. The Morgan fingerprint density at radius 3 is 2.88 bits per heavy atom. The number of hydrogen-bond acceptors (Lipinski definition) is 3. The summed E-state index contributed by atoms with van der Waals surface area (Å²) in [5.41, 5.74) is 0.872. The fourth-order valence-electron chi connectivity index (χ4n) is 2.29. The number of hydrogen-bond donors (Lipinski definition) is 1. The molecular weight excluding hydrogens is 202 g/mol. The second-order valence-corrected chi connectivity index (χ2v) is 4.83. The third-order valence-electron chi connectivity index (χ3n) is 3.34. The van der Waals surface area contributed by atoms with Gasteiger partial charge < -0.3 is 9.88 Å². The lowest BCUT2D eigenvalue weighted by Crippen LogP contribution is -2.28. The highest BCUT2D eigenvalue weighted by molar-refractivity contribution is 5.14. The SMILES string of the molecule is Cc1ncc(C2CCN(C(C)C)C2)c(=O)[nH]1. The second-order valence-electron chi connectivity index (χ2n) is 4.83. The first-order valence-electron chi connectivity index (χ1n) is 5.88. The zero-order chi connectivity index (χ0) is 11.7. The molecule has 1 unspecified atom stereocenters. The monoisotopic (exact) mass is 221 g/mol. The molecule has 0 aromatic carbocycles. The van der Waals surface area contributed by atoms with E-state index in [9.17, 15) is 4.79 Å². The summed E-state index contributed by atoms with van der Waals surface area (Å²) in [4.78, 5) is 21.2. The summed E-state index contributed by atoms with van der Waals surface area (Å²) in [6.45, 7) is 8.25. The maximum Gasteiger partial charge on any atom is 0.254 e. The molecule has 1 aliphatic heterocycles. The largest absolute Gasteiger partial charge is 0.311 e. The van der Waals surface area contributed by atoms with Crippen LogP contribution in [0, 0.1) is 6.92 Å². The van der Waals surface area contributed by atoms with Crippen molar-refractivity contribution in [3.63, 3.8) is 0 Å². The summed E-state index contributed by atoms with van der Waals surface area (Å²) in [6.07, 6.45) is 2.80. The molecule has 0 radical (unpaired) electrons. The molecule has 1 saturated heterocycles. The molecule has 1 aliphatic rings. The van der Waals surface area contributed by atoms with Gasteiger partial charge in [-0.3, -0.25) is 4.79 Å². The van der Waals surface area contributed by atoms with Crippen LogP contribution in [-0.2, 0) is 0 Å². The number of likely N-dealkylation sites (tertiary alicyclic amines) is 1. The molecule has 2 rings (SSSR count). The topological polar surface area (TPSA) is 49.0 Å². The minimum atomic E-state index is 0.0307. The maximum atomic E-state index is 11.8. The Hall–Kier alpha value is -1.16. The van der Waals surface area contributed by atoms with Gasteiger partial charge in [0.1, 0.15) is 5.82 Å². The van der Waals surface area contributed by atoms with E-state index >= 15 is 0 Å². The average Bonchev–Trinajstić information content (AvgIpc) is 2.66. The van der Waals surface area contributed by atoms with Gasteiger partial charge in [-0.05, 0) is 33.7 Å². The Morgan fingerprint density at radius 2 is 2.31 bits per heavy atom. The van der Waals surface area contributed by atoms with Crippen LogP contribution in [0.15, 0.2) is 11.0 Å². The van der Waals surface area contributed by atoms with E-state index in [2.05, 4.69) is 28.7 Å². The smallest absolute Gasteiger partial charge is 0.254 e. The molecule has 0 bridgehead atoms. The van der Waals surface area contributed by atoms with E-state index in [1.54, 1.807) is 13.1 Å². The molecule has 1 aromatic rings. The van der Waals surface area contributed by atoms with Crippen molar-refractivity contribution in [3.8, 4) is 0 Å². The molecule has 1 fully saturated rings. The summed E-state index contributed by atoms with van der Waals surface area (Å²) >= 11 is 0. The van der Waals surface area contributed by atoms with E-state index in [0.29, 0.717) is 17.8 Å². The summed E-state index contributed by atoms with van der Waals surface area (Å²) in [7, 11) is 0. The van der Waals surface area contributed by atoms with Crippen molar-refractivity contribution in [1.82, 2.24) is 14.9 Å². The van der Waals surface area contributed by atoms with Gasteiger partial charge in [-0.15, -0.1) is 0 Å². The van der Waals surface area contributed by atoms with Crippen molar-refractivity contribution in [3.05, 3.63) is 27.9 Å². The molecule has 0 amide bonds. The lowest BCUT2D eigenvalue weighted by molar-refractivity contribution is 0.272. The molecule has 0 aliphatic carbocycles. The molecule has 0 spiro atoms. The molecule has 0 saturated carbocycles. The zero-order valence-corrected chi connectivity index (χ0v) is 10.2. The van der Waals surface area contributed by atoms with Gasteiger partial charge in [-0.2, -0.15) is 0 Å². The van der Waals surface area contributed by atoms with E-state index in [0.717, 1.165) is 25.1 Å². The number of H-pyrrole nitrogens is 1. The number of aromatic nitrogens is 2. The molecule has 1 aromatic heterocycles. The van der Waals surface area contributed by atoms with Gasteiger partial charge in [-0.25, -0.2) is 4.98 Å². The van der Waals surface area contributed by atoms with Gasteiger partial charge in [0.05, 0.1) is 0 Å². The fraction of sp³-hybridized carbons (Fsp3) is 0.667. The van der Waals surface area contributed by atoms with E-state index < -0.39 is 0 Å². The Balaban J connectivity index is 2.18. The van der Waals surface area contributed by atoms with Crippen LogP contribution >= 0.6 is 0 Å². The number of nitrogens with one attached hydrogen (secondary N) is 1. The van der Waals surface area contributed by atoms with E-state index in [1.807, 2.05) is 0 Å². The predicted molar refractivity (Wildman–Crippen MR) is 63.7 cm³/mol. The Kier molecular flexibility index (Phi) is 3.10. The van der Waals surface area contributed by atoms with E-state index in [-0.39, 0.29) is 5.56 Å². The summed E-state index contributed by atoms with van der Waals surface area (Å²) in [5, 5.41) is 0. The van der Waals surface area contributed by atoms with Crippen molar-refractivity contribution in [2.45, 2.75) is 39.2 Å². The van der Waals surface area contributed by atoms with Crippen LogP contribution < -0.4 is 5.56 Å². The number of rotatable bonds is 2. The van der Waals surface area contributed by atoms with Crippen LogP contribution in [0.3, 0.4) is 0 Å². The van der Waals surface area contributed by atoms with Crippen LogP contribution in [0.25, 0.3) is 0 Å². The summed E-state index contributed by atoms with van der Waals surface area (Å²) in [6, 6.07) is 0.558. The van der Waals surface area contributed by atoms with Crippen LogP contribution in [0.5, 0.6) is 0 Å². The molecular formula is C12H19N3O. The van der Waals surface area contributed by atoms with E-state index in [1.165, 1.54) is 0 Å². The molecule has 88 valence electrons. The van der Waals surface area contributed by atoms with Crippen molar-refractivity contribution >= 4 is 0 Å². The fourth-order valence-corrected chi connectivity index (χ4v) is 2.29. The highest BCUT2D eigenvalue weighted by Gasteiger charge is 2.27. The zero-order valence-electron chi connectivity index (χ0n) is 10.2. The first-order chi connectivity index (χ1) is 7.58. The Bertz CT molecular complexity index is 425. The first kappa shape index (κ1) is 11.3. The molecule has 1 atom stereocenters. The van der Waals surface area contributed by atoms with Crippen LogP contribution in [0.2, 0.25) is 0 Å². The average molecular weight is 221 g/mol. The Labute approximate surface area is 95.7 Å². The molecule has 4 nitrogen and oxygen atoms in total. The molecule has 2 heterocycles. The van der Waals surface area contributed by atoms with Crippen molar-refractivity contribution in [1.29, 1.82) is 0 Å². The number of aryl methyl sites for hydroxylation is 1. The molecule has 16 heavy (non-hydrogen) atoms. The van der Waals surface area contributed by atoms with E-state index in [4.69, 9.17) is 0 Å². The third kappa shape index (κ3) is 2.16. The molecule has 4 heteroatoms. The van der Waals surface area contributed by atoms with Crippen molar-refractivity contribution < 1.29 is 0 Å². The van der Waals surface area contributed by atoms with Gasteiger partial charge in [0, 0.05) is 30.3 Å². The highest BCUT2D eigenvalue weighted by Crippen LogP contribution is 2.25. The Morgan fingerprint density at radius 1 is 1.56 bits per heavy atom. The lowest BCUT2D eigenvalue weighted by atomic mass is 10.0. The first-order valence-corrected chi connectivity index (χ1v) is 5.88.